The summed E-state index contributed by atoms with van der Waals surface area (Å²) in [5.74, 6) is 1.64. The Balaban J connectivity index is 2.77. The summed E-state index contributed by atoms with van der Waals surface area (Å²) in [7, 11) is 0. The third-order valence-electron chi connectivity index (χ3n) is 2.63. The summed E-state index contributed by atoms with van der Waals surface area (Å²) in [6.07, 6.45) is 5.25. The SMILES string of the molecule is C=Cc1cc(CC(C)C)cc(OCCCC)c1. The molecule has 1 aromatic rings. The second-order valence-corrected chi connectivity index (χ2v) is 4.91. The fourth-order valence-electron chi connectivity index (χ4n) is 1.81. The van der Waals surface area contributed by atoms with Crippen molar-refractivity contribution >= 4 is 6.08 Å². The Morgan fingerprint density at radius 1 is 1.29 bits per heavy atom. The Labute approximate surface area is 106 Å². The van der Waals surface area contributed by atoms with Gasteiger partial charge in [0.2, 0.25) is 0 Å². The minimum atomic E-state index is 0.665. The van der Waals surface area contributed by atoms with Crippen molar-refractivity contribution in [2.75, 3.05) is 6.61 Å². The molecule has 0 aromatic heterocycles. The van der Waals surface area contributed by atoms with E-state index in [1.54, 1.807) is 0 Å². The molecule has 1 rings (SSSR count). The molecule has 1 nitrogen and oxygen atoms in total. The van der Waals surface area contributed by atoms with Crippen LogP contribution in [0.25, 0.3) is 6.08 Å². The van der Waals surface area contributed by atoms with E-state index in [2.05, 4.69) is 45.5 Å². The molecule has 1 aromatic carbocycles. The molecule has 0 heterocycles. The number of ether oxygens (including phenoxy) is 1. The molecule has 0 atom stereocenters. The van der Waals surface area contributed by atoms with Gasteiger partial charge in [0.05, 0.1) is 6.61 Å². The van der Waals surface area contributed by atoms with Gasteiger partial charge in [-0.25, -0.2) is 0 Å². The lowest BCUT2D eigenvalue weighted by Gasteiger charge is -2.11. The number of hydrogen-bond acceptors (Lipinski definition) is 1. The largest absolute Gasteiger partial charge is 0.494 e. The smallest absolute Gasteiger partial charge is 0.120 e. The van der Waals surface area contributed by atoms with E-state index in [1.807, 2.05) is 6.08 Å². The van der Waals surface area contributed by atoms with Crippen LogP contribution in [0, 0.1) is 5.92 Å². The second kappa shape index (κ2) is 7.16. The first-order chi connectivity index (χ1) is 8.15. The van der Waals surface area contributed by atoms with Crippen molar-refractivity contribution in [3.63, 3.8) is 0 Å². The molecule has 94 valence electrons. The van der Waals surface area contributed by atoms with Crippen molar-refractivity contribution in [3.8, 4) is 5.75 Å². The standard InChI is InChI=1S/C16H24O/c1-5-7-8-17-16-11-14(6-2)10-15(12-16)9-13(3)4/h6,10-13H,2,5,7-9H2,1,3-4H3. The van der Waals surface area contributed by atoms with Crippen molar-refractivity contribution in [3.05, 3.63) is 35.9 Å². The molecule has 0 spiro atoms. The van der Waals surface area contributed by atoms with E-state index in [1.165, 1.54) is 12.0 Å². The van der Waals surface area contributed by atoms with Gasteiger partial charge >= 0.3 is 0 Å². The Kier molecular flexibility index (Phi) is 5.82. The molecule has 0 fully saturated rings. The molecule has 0 N–H and O–H groups in total. The molecule has 0 unspecified atom stereocenters. The van der Waals surface area contributed by atoms with Gasteiger partial charge in [-0.15, -0.1) is 0 Å². The van der Waals surface area contributed by atoms with E-state index >= 15 is 0 Å². The summed E-state index contributed by atoms with van der Waals surface area (Å²) in [5, 5.41) is 0. The van der Waals surface area contributed by atoms with Gasteiger partial charge in [0.25, 0.3) is 0 Å². The summed E-state index contributed by atoms with van der Waals surface area (Å²) in [4.78, 5) is 0. The highest BCUT2D eigenvalue weighted by Crippen LogP contribution is 2.20. The van der Waals surface area contributed by atoms with E-state index in [0.29, 0.717) is 5.92 Å². The van der Waals surface area contributed by atoms with E-state index in [-0.39, 0.29) is 0 Å². The molecular formula is C16H24O. The van der Waals surface area contributed by atoms with Crippen LogP contribution in [-0.4, -0.2) is 6.61 Å². The van der Waals surface area contributed by atoms with Gasteiger partial charge in [-0.1, -0.05) is 45.9 Å². The maximum absolute atomic E-state index is 5.76. The van der Waals surface area contributed by atoms with Crippen LogP contribution in [0.5, 0.6) is 5.75 Å². The lowest BCUT2D eigenvalue weighted by atomic mass is 10.0. The van der Waals surface area contributed by atoms with Crippen molar-refractivity contribution < 1.29 is 4.74 Å². The zero-order valence-electron chi connectivity index (χ0n) is 11.3. The van der Waals surface area contributed by atoms with Gasteiger partial charge in [0, 0.05) is 0 Å². The number of rotatable bonds is 7. The molecule has 0 amide bonds. The molecule has 0 radical (unpaired) electrons. The highest BCUT2D eigenvalue weighted by molar-refractivity contribution is 5.51. The molecule has 0 saturated heterocycles. The van der Waals surface area contributed by atoms with Gasteiger partial charge in [-0.2, -0.15) is 0 Å². The Morgan fingerprint density at radius 3 is 2.65 bits per heavy atom. The van der Waals surface area contributed by atoms with Crippen molar-refractivity contribution in [2.45, 2.75) is 40.0 Å². The van der Waals surface area contributed by atoms with Crippen LogP contribution in [0.3, 0.4) is 0 Å². The first kappa shape index (κ1) is 13.8. The fourth-order valence-corrected chi connectivity index (χ4v) is 1.81. The van der Waals surface area contributed by atoms with E-state index in [9.17, 15) is 0 Å². The maximum Gasteiger partial charge on any atom is 0.120 e. The molecule has 0 aliphatic heterocycles. The number of unbranched alkanes of at least 4 members (excludes halogenated alkanes) is 1. The lowest BCUT2D eigenvalue weighted by molar-refractivity contribution is 0.309. The van der Waals surface area contributed by atoms with Crippen molar-refractivity contribution in [2.24, 2.45) is 5.92 Å². The lowest BCUT2D eigenvalue weighted by Crippen LogP contribution is -1.99. The van der Waals surface area contributed by atoms with Gasteiger partial charge in [-0.3, -0.25) is 0 Å². The summed E-state index contributed by atoms with van der Waals surface area (Å²) < 4.78 is 5.76. The first-order valence-electron chi connectivity index (χ1n) is 6.55. The van der Waals surface area contributed by atoms with Crippen LogP contribution in [0.2, 0.25) is 0 Å². The van der Waals surface area contributed by atoms with E-state index in [0.717, 1.165) is 30.8 Å². The highest BCUT2D eigenvalue weighted by atomic mass is 16.5. The second-order valence-electron chi connectivity index (χ2n) is 4.91. The van der Waals surface area contributed by atoms with Crippen LogP contribution in [0.1, 0.15) is 44.7 Å². The minimum absolute atomic E-state index is 0.665. The van der Waals surface area contributed by atoms with Gasteiger partial charge in [0.15, 0.2) is 0 Å². The molecule has 17 heavy (non-hydrogen) atoms. The van der Waals surface area contributed by atoms with Crippen LogP contribution in [-0.2, 0) is 6.42 Å². The first-order valence-corrected chi connectivity index (χ1v) is 6.55. The molecule has 0 aliphatic carbocycles. The Hall–Kier alpha value is -1.24. The fraction of sp³-hybridized carbons (Fsp3) is 0.500. The molecule has 0 aliphatic rings. The normalized spacial score (nSPS) is 10.6. The maximum atomic E-state index is 5.76. The van der Waals surface area contributed by atoms with Crippen LogP contribution in [0.4, 0.5) is 0 Å². The van der Waals surface area contributed by atoms with Crippen LogP contribution >= 0.6 is 0 Å². The molecule has 0 saturated carbocycles. The zero-order valence-corrected chi connectivity index (χ0v) is 11.3. The van der Waals surface area contributed by atoms with Gasteiger partial charge < -0.3 is 4.74 Å². The minimum Gasteiger partial charge on any atom is -0.494 e. The Bertz CT molecular complexity index is 353. The topological polar surface area (TPSA) is 9.23 Å². The zero-order chi connectivity index (χ0) is 12.7. The molecule has 0 bridgehead atoms. The molecular weight excluding hydrogens is 208 g/mol. The third-order valence-corrected chi connectivity index (χ3v) is 2.63. The van der Waals surface area contributed by atoms with Crippen molar-refractivity contribution in [1.29, 1.82) is 0 Å². The predicted octanol–water partition coefficient (Wildman–Crippen LogP) is 4.71. The van der Waals surface area contributed by atoms with Gasteiger partial charge in [-0.05, 0) is 42.0 Å². The predicted molar refractivity (Wildman–Crippen MR) is 75.5 cm³/mol. The summed E-state index contributed by atoms with van der Waals surface area (Å²) in [5.41, 5.74) is 2.48. The van der Waals surface area contributed by atoms with Crippen molar-refractivity contribution in [1.82, 2.24) is 0 Å². The van der Waals surface area contributed by atoms with E-state index in [4.69, 9.17) is 4.74 Å². The Morgan fingerprint density at radius 2 is 2.06 bits per heavy atom. The summed E-state index contributed by atoms with van der Waals surface area (Å²) in [6, 6.07) is 6.41. The number of hydrogen-bond donors (Lipinski definition) is 0. The van der Waals surface area contributed by atoms with E-state index < -0.39 is 0 Å². The van der Waals surface area contributed by atoms with Gasteiger partial charge in [0.1, 0.15) is 5.75 Å². The monoisotopic (exact) mass is 232 g/mol. The van der Waals surface area contributed by atoms with Crippen LogP contribution < -0.4 is 4.74 Å². The van der Waals surface area contributed by atoms with Crippen LogP contribution in [0.15, 0.2) is 24.8 Å². The quantitative estimate of drug-likeness (QED) is 0.619. The average molecular weight is 232 g/mol. The average Bonchev–Trinajstić information content (AvgIpc) is 2.28. The number of benzene rings is 1. The third kappa shape index (κ3) is 5.08. The summed E-state index contributed by atoms with van der Waals surface area (Å²) in [6.45, 7) is 11.3. The summed E-state index contributed by atoms with van der Waals surface area (Å²) >= 11 is 0. The highest BCUT2D eigenvalue weighted by Gasteiger charge is 2.03. The molecule has 1 heteroatoms.